The normalized spacial score (nSPS) is 10.6. The van der Waals surface area contributed by atoms with Gasteiger partial charge in [-0.05, 0) is 24.2 Å². The molecule has 0 spiro atoms. The zero-order chi connectivity index (χ0) is 13.7. The molecular weight excluding hydrogens is 245 g/mol. The van der Waals surface area contributed by atoms with E-state index in [1.165, 1.54) is 22.9 Å². The smallest absolute Gasteiger partial charge is 0.251 e. The van der Waals surface area contributed by atoms with E-state index in [9.17, 15) is 9.18 Å². The fourth-order valence-electron chi connectivity index (χ4n) is 1.78. The molecule has 2 rings (SSSR count). The van der Waals surface area contributed by atoms with Crippen LogP contribution in [0, 0.1) is 5.82 Å². The Kier molecular flexibility index (Phi) is 4.43. The van der Waals surface area contributed by atoms with Crippen molar-refractivity contribution in [1.82, 2.24) is 15.4 Å². The molecule has 2 aromatic rings. The minimum absolute atomic E-state index is 0.206. The summed E-state index contributed by atoms with van der Waals surface area (Å²) in [6.07, 6.45) is 1.22. The molecule has 1 heterocycles. The van der Waals surface area contributed by atoms with Crippen molar-refractivity contribution >= 4 is 0 Å². The molecule has 0 radical (unpaired) electrons. The highest BCUT2D eigenvalue weighted by atomic mass is 19.1. The Bertz CT molecular complexity index is 592. The number of hydrazine groups is 1. The maximum Gasteiger partial charge on any atom is 0.251 e. The number of nitrogens with zero attached hydrogens (tertiary/aromatic N) is 1. The minimum atomic E-state index is -0.408. The lowest BCUT2D eigenvalue weighted by Crippen LogP contribution is -2.26. The highest BCUT2D eigenvalue weighted by Gasteiger charge is 2.00. The van der Waals surface area contributed by atoms with Gasteiger partial charge in [0.15, 0.2) is 0 Å². The maximum atomic E-state index is 13.1. The predicted molar refractivity (Wildman–Crippen MR) is 72.1 cm³/mol. The molecule has 1 aromatic carbocycles. The first-order valence-electron chi connectivity index (χ1n) is 6.02. The van der Waals surface area contributed by atoms with Crippen molar-refractivity contribution in [2.24, 2.45) is 0 Å². The van der Waals surface area contributed by atoms with Crippen LogP contribution >= 0.6 is 0 Å². The molecule has 0 saturated carbocycles. The van der Waals surface area contributed by atoms with Crippen molar-refractivity contribution in [2.45, 2.75) is 13.1 Å². The molecule has 2 N–H and O–H groups in total. The van der Waals surface area contributed by atoms with E-state index in [1.54, 1.807) is 0 Å². The van der Waals surface area contributed by atoms with Gasteiger partial charge in [-0.3, -0.25) is 15.6 Å². The Morgan fingerprint density at radius 2 is 1.79 bits per heavy atom. The largest absolute Gasteiger partial charge is 0.308 e. The van der Waals surface area contributed by atoms with Crippen LogP contribution in [-0.4, -0.2) is 11.6 Å². The number of nitrogens with one attached hydrogen (secondary N) is 2. The highest BCUT2D eigenvalue weighted by molar-refractivity contribution is 5.22. The van der Waals surface area contributed by atoms with Crippen LogP contribution in [0.3, 0.4) is 0 Å². The molecule has 0 unspecified atom stereocenters. The number of benzene rings is 1. The Labute approximate surface area is 110 Å². The van der Waals surface area contributed by atoms with Gasteiger partial charge >= 0.3 is 0 Å². The lowest BCUT2D eigenvalue weighted by molar-refractivity contribution is 0.593. The summed E-state index contributed by atoms with van der Waals surface area (Å²) in [5, 5.41) is 0. The van der Waals surface area contributed by atoms with Crippen LogP contribution < -0.4 is 16.4 Å². The zero-order valence-corrected chi connectivity index (χ0v) is 10.7. The summed E-state index contributed by atoms with van der Waals surface area (Å²) in [6, 6.07) is 10.2. The van der Waals surface area contributed by atoms with E-state index in [4.69, 9.17) is 0 Å². The Hall–Kier alpha value is -1.98. The Morgan fingerprint density at radius 3 is 2.47 bits per heavy atom. The molecule has 0 bridgehead atoms. The molecule has 0 aliphatic carbocycles. The third-order valence-electron chi connectivity index (χ3n) is 2.79. The van der Waals surface area contributed by atoms with Crippen LogP contribution in [0.2, 0.25) is 0 Å². The monoisotopic (exact) mass is 261 g/mol. The summed E-state index contributed by atoms with van der Waals surface area (Å²) in [5.74, 6) is -0.408. The van der Waals surface area contributed by atoms with E-state index in [2.05, 4.69) is 10.9 Å². The summed E-state index contributed by atoms with van der Waals surface area (Å²) < 4.78 is 14.4. The Morgan fingerprint density at radius 1 is 1.11 bits per heavy atom. The second-order valence-electron chi connectivity index (χ2n) is 4.23. The summed E-state index contributed by atoms with van der Waals surface area (Å²) in [6.45, 7) is 1.09. The minimum Gasteiger partial charge on any atom is -0.308 e. The number of aromatic nitrogens is 1. The molecule has 0 aliphatic rings. The summed E-state index contributed by atoms with van der Waals surface area (Å²) in [7, 11) is 1.81. The van der Waals surface area contributed by atoms with Gasteiger partial charge < -0.3 is 4.57 Å². The van der Waals surface area contributed by atoms with E-state index in [-0.39, 0.29) is 5.56 Å². The van der Waals surface area contributed by atoms with Crippen molar-refractivity contribution < 1.29 is 4.39 Å². The van der Waals surface area contributed by atoms with Crippen molar-refractivity contribution in [3.63, 3.8) is 0 Å². The lowest BCUT2D eigenvalue weighted by Gasteiger charge is -2.07. The zero-order valence-electron chi connectivity index (χ0n) is 10.7. The van der Waals surface area contributed by atoms with E-state index in [1.807, 2.05) is 31.3 Å². The second-order valence-corrected chi connectivity index (χ2v) is 4.23. The molecule has 4 nitrogen and oxygen atoms in total. The fourth-order valence-corrected chi connectivity index (χ4v) is 1.78. The number of hydrogen-bond acceptors (Lipinski definition) is 3. The van der Waals surface area contributed by atoms with Crippen LogP contribution in [0.1, 0.15) is 11.1 Å². The van der Waals surface area contributed by atoms with Gasteiger partial charge in [-0.25, -0.2) is 4.39 Å². The van der Waals surface area contributed by atoms with Crippen LogP contribution in [0.15, 0.2) is 47.4 Å². The van der Waals surface area contributed by atoms with Crippen LogP contribution in [0.4, 0.5) is 4.39 Å². The first-order chi connectivity index (χ1) is 9.19. The standard InChI is InChI=1S/C14H16FN3O/c1-16-17-8-11-2-4-12(5-3-11)9-18-10-13(15)6-7-14(18)19/h2-7,10,16-17H,8-9H2,1H3. The van der Waals surface area contributed by atoms with E-state index in [0.717, 1.165) is 17.7 Å². The van der Waals surface area contributed by atoms with Gasteiger partial charge in [0.2, 0.25) is 0 Å². The first kappa shape index (κ1) is 13.5. The molecule has 0 saturated heterocycles. The van der Waals surface area contributed by atoms with Gasteiger partial charge in [-0.2, -0.15) is 0 Å². The average molecular weight is 261 g/mol. The molecule has 0 amide bonds. The summed E-state index contributed by atoms with van der Waals surface area (Å²) in [4.78, 5) is 11.6. The van der Waals surface area contributed by atoms with Crippen LogP contribution in [0.25, 0.3) is 0 Å². The van der Waals surface area contributed by atoms with Gasteiger partial charge in [0.05, 0.1) is 6.54 Å². The first-order valence-corrected chi connectivity index (χ1v) is 6.02. The van der Waals surface area contributed by atoms with Crippen molar-refractivity contribution in [3.05, 3.63) is 69.9 Å². The van der Waals surface area contributed by atoms with Crippen molar-refractivity contribution in [3.8, 4) is 0 Å². The quantitative estimate of drug-likeness (QED) is 0.797. The SMILES string of the molecule is CNNCc1ccc(Cn2cc(F)ccc2=O)cc1. The number of pyridine rings is 1. The van der Waals surface area contributed by atoms with Gasteiger partial charge in [-0.1, -0.05) is 24.3 Å². The topological polar surface area (TPSA) is 46.1 Å². The molecule has 100 valence electrons. The number of hydrogen-bond donors (Lipinski definition) is 2. The fraction of sp³-hybridized carbons (Fsp3) is 0.214. The summed E-state index contributed by atoms with van der Waals surface area (Å²) in [5.41, 5.74) is 7.73. The van der Waals surface area contributed by atoms with Crippen molar-refractivity contribution in [1.29, 1.82) is 0 Å². The van der Waals surface area contributed by atoms with Crippen LogP contribution in [-0.2, 0) is 13.1 Å². The molecule has 0 atom stereocenters. The second kappa shape index (κ2) is 6.26. The van der Waals surface area contributed by atoms with E-state index < -0.39 is 5.82 Å². The molecule has 0 fully saturated rings. The Balaban J connectivity index is 2.11. The van der Waals surface area contributed by atoms with Crippen molar-refractivity contribution in [2.75, 3.05) is 7.05 Å². The molecule has 0 aliphatic heterocycles. The third-order valence-corrected chi connectivity index (χ3v) is 2.79. The number of rotatable bonds is 5. The molecular formula is C14H16FN3O. The molecule has 1 aromatic heterocycles. The predicted octanol–water partition coefficient (Wildman–Crippen LogP) is 1.26. The summed E-state index contributed by atoms with van der Waals surface area (Å²) >= 11 is 0. The van der Waals surface area contributed by atoms with Crippen LogP contribution in [0.5, 0.6) is 0 Å². The van der Waals surface area contributed by atoms with Gasteiger partial charge in [0.25, 0.3) is 5.56 Å². The van der Waals surface area contributed by atoms with E-state index in [0.29, 0.717) is 6.54 Å². The highest BCUT2D eigenvalue weighted by Crippen LogP contribution is 2.06. The van der Waals surface area contributed by atoms with Gasteiger partial charge in [0.1, 0.15) is 5.82 Å². The maximum absolute atomic E-state index is 13.1. The van der Waals surface area contributed by atoms with Gasteiger partial charge in [-0.15, -0.1) is 0 Å². The molecule has 19 heavy (non-hydrogen) atoms. The molecule has 5 heteroatoms. The third kappa shape index (κ3) is 3.74. The lowest BCUT2D eigenvalue weighted by atomic mass is 10.1. The average Bonchev–Trinajstić information content (AvgIpc) is 2.42. The number of halogens is 1. The van der Waals surface area contributed by atoms with E-state index >= 15 is 0 Å². The van der Waals surface area contributed by atoms with Gasteiger partial charge in [0, 0.05) is 18.8 Å².